The summed E-state index contributed by atoms with van der Waals surface area (Å²) in [6.07, 6.45) is 11.0. The molecule has 0 unspecified atom stereocenters. The van der Waals surface area contributed by atoms with Crippen LogP contribution < -0.4 is 0 Å². The van der Waals surface area contributed by atoms with Crippen LogP contribution in [0.15, 0.2) is 0 Å². The highest BCUT2D eigenvalue weighted by atomic mass is 16.2. The Morgan fingerprint density at radius 3 is 2.08 bits per heavy atom. The Hall–Kier alpha value is -2.42. The van der Waals surface area contributed by atoms with Crippen LogP contribution in [0.5, 0.6) is 0 Å². The van der Waals surface area contributed by atoms with Crippen LogP contribution in [-0.4, -0.2) is 99.0 Å². The molecule has 4 aliphatic rings. The minimum Gasteiger partial charge on any atom is -0.340 e. The first-order valence-corrected chi connectivity index (χ1v) is 14.1. The molecule has 3 amide bonds. The lowest BCUT2D eigenvalue weighted by molar-refractivity contribution is -0.138. The van der Waals surface area contributed by atoms with Crippen molar-refractivity contribution in [2.45, 2.75) is 83.2 Å². The monoisotopic (exact) mass is 498 g/mol. The topological polar surface area (TPSA) is 82.0 Å². The van der Waals surface area contributed by atoms with Gasteiger partial charge in [0.1, 0.15) is 0 Å². The maximum Gasteiger partial charge on any atom is 0.274 e. The summed E-state index contributed by atoms with van der Waals surface area (Å²) in [5.41, 5.74) is 2.43. The molecule has 4 heterocycles. The molecule has 9 nitrogen and oxygen atoms in total. The van der Waals surface area contributed by atoms with Gasteiger partial charge in [-0.15, -0.1) is 0 Å². The first-order valence-electron chi connectivity index (χ1n) is 14.1. The molecular formula is C27H42N6O3. The summed E-state index contributed by atoms with van der Waals surface area (Å²) >= 11 is 0. The zero-order valence-corrected chi connectivity index (χ0v) is 21.9. The number of carbonyl (C=O) groups excluding carboxylic acids is 3. The first-order chi connectivity index (χ1) is 17.5. The lowest BCUT2D eigenvalue weighted by Gasteiger charge is -2.40. The Labute approximate surface area is 214 Å². The normalized spacial score (nSPS) is 22.0. The molecular weight excluding hydrogens is 456 g/mol. The van der Waals surface area contributed by atoms with Crippen molar-refractivity contribution in [2.75, 3.05) is 45.8 Å². The van der Waals surface area contributed by atoms with Gasteiger partial charge in [-0.1, -0.05) is 19.3 Å². The number of fused-ring (bicyclic) bond motifs is 1. The lowest BCUT2D eigenvalue weighted by atomic mass is 9.94. The SMILES string of the molecule is Cn1nc(C(=O)N2CCCCC2)c2c1CCN(C(=O)CCC(=O)N1CCN(C3CCCCC3)CC1)C2. The van der Waals surface area contributed by atoms with E-state index < -0.39 is 0 Å². The van der Waals surface area contributed by atoms with Crippen LogP contribution in [-0.2, 0) is 29.6 Å². The van der Waals surface area contributed by atoms with Crippen LogP contribution >= 0.6 is 0 Å². The van der Waals surface area contributed by atoms with E-state index in [0.717, 1.165) is 63.4 Å². The summed E-state index contributed by atoms with van der Waals surface area (Å²) in [5.74, 6) is 0.0742. The number of likely N-dealkylation sites (tertiary alicyclic amines) is 1. The fourth-order valence-electron chi connectivity index (χ4n) is 6.54. The Morgan fingerprint density at radius 1 is 0.750 bits per heavy atom. The molecule has 0 atom stereocenters. The van der Waals surface area contributed by atoms with Crippen LogP contribution in [0.2, 0.25) is 0 Å². The molecule has 198 valence electrons. The maximum absolute atomic E-state index is 13.2. The summed E-state index contributed by atoms with van der Waals surface area (Å²) in [7, 11) is 1.88. The smallest absolute Gasteiger partial charge is 0.274 e. The molecule has 1 aliphatic carbocycles. The summed E-state index contributed by atoms with van der Waals surface area (Å²) in [4.78, 5) is 47.3. The Bertz CT molecular complexity index is 955. The Balaban J connectivity index is 1.12. The van der Waals surface area contributed by atoms with Crippen LogP contribution in [0.1, 0.15) is 86.0 Å². The van der Waals surface area contributed by atoms with Crippen molar-refractivity contribution in [3.8, 4) is 0 Å². The van der Waals surface area contributed by atoms with Crippen molar-refractivity contribution in [2.24, 2.45) is 7.05 Å². The number of aromatic nitrogens is 2. The number of rotatable bonds is 5. The van der Waals surface area contributed by atoms with E-state index in [0.29, 0.717) is 31.2 Å². The molecule has 1 saturated carbocycles. The van der Waals surface area contributed by atoms with E-state index in [1.54, 1.807) is 0 Å². The highest BCUT2D eigenvalue weighted by molar-refractivity contribution is 5.94. The Kier molecular flexibility index (Phi) is 7.93. The minimum atomic E-state index is -0.0107. The molecule has 0 radical (unpaired) electrons. The lowest BCUT2D eigenvalue weighted by Crippen LogP contribution is -2.52. The number of hydrogen-bond acceptors (Lipinski definition) is 5. The maximum atomic E-state index is 13.2. The van der Waals surface area contributed by atoms with E-state index in [4.69, 9.17) is 0 Å². The summed E-state index contributed by atoms with van der Waals surface area (Å²) in [6.45, 7) is 6.03. The zero-order valence-electron chi connectivity index (χ0n) is 21.9. The molecule has 3 fully saturated rings. The third-order valence-electron chi connectivity index (χ3n) is 8.75. The molecule has 1 aromatic heterocycles. The van der Waals surface area contributed by atoms with Crippen LogP contribution in [0.4, 0.5) is 0 Å². The van der Waals surface area contributed by atoms with Crippen molar-refractivity contribution < 1.29 is 14.4 Å². The quantitative estimate of drug-likeness (QED) is 0.622. The average molecular weight is 499 g/mol. The molecule has 0 spiro atoms. The average Bonchev–Trinajstić information content (AvgIpc) is 3.27. The minimum absolute atomic E-state index is 0.00457. The van der Waals surface area contributed by atoms with Gasteiger partial charge in [0.25, 0.3) is 5.91 Å². The van der Waals surface area contributed by atoms with Crippen molar-refractivity contribution in [1.29, 1.82) is 0 Å². The van der Waals surface area contributed by atoms with Crippen LogP contribution in [0.25, 0.3) is 0 Å². The van der Waals surface area contributed by atoms with Gasteiger partial charge in [-0.25, -0.2) is 0 Å². The standard InChI is InChI=1S/C27H42N6O3/c1-29-23-12-15-33(20-22(23)26(28-29)27(36)32-13-6-3-7-14-32)25(35)11-10-24(34)31-18-16-30(17-19-31)21-8-4-2-5-9-21/h21H,2-20H2,1H3. The fraction of sp³-hybridized carbons (Fsp3) is 0.778. The van der Waals surface area contributed by atoms with Crippen LogP contribution in [0, 0.1) is 0 Å². The second kappa shape index (κ2) is 11.3. The number of hydrogen-bond donors (Lipinski definition) is 0. The van der Waals surface area contributed by atoms with Crippen molar-refractivity contribution in [3.63, 3.8) is 0 Å². The van der Waals surface area contributed by atoms with E-state index in [1.165, 1.54) is 38.5 Å². The van der Waals surface area contributed by atoms with E-state index in [9.17, 15) is 14.4 Å². The summed E-state index contributed by atoms with van der Waals surface area (Å²) < 4.78 is 1.81. The largest absolute Gasteiger partial charge is 0.340 e. The van der Waals surface area contributed by atoms with Gasteiger partial charge in [0.2, 0.25) is 11.8 Å². The molecule has 0 bridgehead atoms. The van der Waals surface area contributed by atoms with Gasteiger partial charge < -0.3 is 14.7 Å². The fourth-order valence-corrected chi connectivity index (χ4v) is 6.54. The van der Waals surface area contributed by atoms with E-state index in [2.05, 4.69) is 10.00 Å². The summed E-state index contributed by atoms with van der Waals surface area (Å²) in [5, 5.41) is 4.56. The number of amides is 3. The highest BCUT2D eigenvalue weighted by Gasteiger charge is 2.32. The third kappa shape index (κ3) is 5.45. The van der Waals surface area contributed by atoms with Gasteiger partial charge in [-0.3, -0.25) is 24.0 Å². The van der Waals surface area contributed by atoms with Gasteiger partial charge in [-0.2, -0.15) is 5.10 Å². The molecule has 36 heavy (non-hydrogen) atoms. The van der Waals surface area contributed by atoms with E-state index in [1.807, 2.05) is 26.4 Å². The highest BCUT2D eigenvalue weighted by Crippen LogP contribution is 2.26. The molecule has 9 heteroatoms. The third-order valence-corrected chi connectivity index (χ3v) is 8.75. The van der Waals surface area contributed by atoms with Crippen molar-refractivity contribution in [1.82, 2.24) is 29.4 Å². The zero-order chi connectivity index (χ0) is 25.1. The second-order valence-electron chi connectivity index (χ2n) is 11.0. The molecule has 0 aromatic carbocycles. The number of piperidine rings is 1. The van der Waals surface area contributed by atoms with Gasteiger partial charge in [-0.05, 0) is 32.1 Å². The number of carbonyl (C=O) groups is 3. The van der Waals surface area contributed by atoms with Gasteiger partial charge in [0.15, 0.2) is 5.69 Å². The number of nitrogens with zero attached hydrogens (tertiary/aromatic N) is 6. The predicted octanol–water partition coefficient (Wildman–Crippen LogP) is 2.19. The van der Waals surface area contributed by atoms with Crippen molar-refractivity contribution in [3.05, 3.63) is 17.0 Å². The van der Waals surface area contributed by atoms with Gasteiger partial charge in [0, 0.05) is 96.0 Å². The van der Waals surface area contributed by atoms with E-state index >= 15 is 0 Å². The molecule has 5 rings (SSSR count). The van der Waals surface area contributed by atoms with Gasteiger partial charge >= 0.3 is 0 Å². The molecule has 2 saturated heterocycles. The number of aryl methyl sites for hydroxylation is 1. The molecule has 0 N–H and O–H groups in total. The number of piperazine rings is 1. The summed E-state index contributed by atoms with van der Waals surface area (Å²) in [6, 6.07) is 0.695. The first kappa shape index (κ1) is 25.2. The Morgan fingerprint density at radius 2 is 1.39 bits per heavy atom. The predicted molar refractivity (Wildman–Crippen MR) is 136 cm³/mol. The van der Waals surface area contributed by atoms with E-state index in [-0.39, 0.29) is 30.6 Å². The molecule has 3 aliphatic heterocycles. The second-order valence-corrected chi connectivity index (χ2v) is 11.0. The van der Waals surface area contributed by atoms with Crippen molar-refractivity contribution >= 4 is 17.7 Å². The van der Waals surface area contributed by atoms with Crippen LogP contribution in [0.3, 0.4) is 0 Å². The molecule has 1 aromatic rings. The van der Waals surface area contributed by atoms with Gasteiger partial charge in [0.05, 0.1) is 0 Å².